The first-order chi connectivity index (χ1) is 7.20. The normalized spacial score (nSPS) is 10.7. The van der Waals surface area contributed by atoms with E-state index in [0.29, 0.717) is 5.56 Å². The number of carboxylic acid groups (broad SMARTS) is 1. The minimum atomic E-state index is -0.892. The van der Waals surface area contributed by atoms with Gasteiger partial charge in [0.2, 0.25) is 0 Å². The Labute approximate surface area is 95.1 Å². The minimum absolute atomic E-state index is 0.321. The summed E-state index contributed by atoms with van der Waals surface area (Å²) >= 11 is 3.27. The second-order valence-corrected chi connectivity index (χ2v) is 5.01. The lowest BCUT2D eigenvalue weighted by atomic mass is 10.2. The fraction of sp³-hybridized carbons (Fsp3) is 0.200. The van der Waals surface area contributed by atoms with Crippen LogP contribution in [0.3, 0.4) is 0 Å². The topological polar surface area (TPSA) is 50.2 Å². The van der Waals surface area contributed by atoms with Crippen molar-refractivity contribution in [3.8, 4) is 0 Å². The molecule has 3 nitrogen and oxygen atoms in total. The van der Waals surface area contributed by atoms with Crippen LogP contribution in [0.25, 0.3) is 10.2 Å². The summed E-state index contributed by atoms with van der Waals surface area (Å²) in [5.74, 6) is -0.0152. The van der Waals surface area contributed by atoms with Gasteiger partial charge in [-0.15, -0.1) is 11.3 Å². The van der Waals surface area contributed by atoms with E-state index < -0.39 is 5.97 Å². The molecule has 0 amide bonds. The summed E-state index contributed by atoms with van der Waals surface area (Å²) in [4.78, 5) is 15.2. The first-order valence-corrected chi connectivity index (χ1v) is 6.53. The number of hydrogen-bond donors (Lipinski definition) is 1. The van der Waals surface area contributed by atoms with Crippen molar-refractivity contribution in [3.63, 3.8) is 0 Å². The molecule has 15 heavy (non-hydrogen) atoms. The van der Waals surface area contributed by atoms with Gasteiger partial charge < -0.3 is 5.11 Å². The number of carboxylic acids is 1. The summed E-state index contributed by atoms with van der Waals surface area (Å²) in [6.45, 7) is 0. The minimum Gasteiger partial charge on any atom is -0.478 e. The predicted octanol–water partition coefficient (Wildman–Crippen LogP) is 2.86. The Morgan fingerprint density at radius 1 is 1.60 bits per heavy atom. The SMILES string of the molecule is CSCc1nc2ccc(C(=O)O)cc2s1. The standard InChI is InChI=1S/C10H9NO2S2/c1-14-5-9-11-7-3-2-6(10(12)13)4-8(7)15-9/h2-4H,5H2,1H3,(H,12,13). The molecule has 0 fully saturated rings. The van der Waals surface area contributed by atoms with E-state index >= 15 is 0 Å². The average molecular weight is 239 g/mol. The van der Waals surface area contributed by atoms with Crippen molar-refractivity contribution in [2.45, 2.75) is 5.75 Å². The van der Waals surface area contributed by atoms with E-state index in [9.17, 15) is 4.79 Å². The summed E-state index contributed by atoms with van der Waals surface area (Å²) in [6.07, 6.45) is 2.02. The molecule has 0 unspecified atom stereocenters. The number of benzene rings is 1. The molecular weight excluding hydrogens is 230 g/mol. The predicted molar refractivity (Wildman–Crippen MR) is 63.8 cm³/mol. The molecule has 0 radical (unpaired) electrons. The number of thiazole rings is 1. The van der Waals surface area contributed by atoms with Crippen LogP contribution < -0.4 is 0 Å². The van der Waals surface area contributed by atoms with E-state index in [0.717, 1.165) is 21.0 Å². The van der Waals surface area contributed by atoms with Crippen LogP contribution in [0.1, 0.15) is 15.4 Å². The molecule has 0 bridgehead atoms. The molecule has 2 aromatic rings. The van der Waals surface area contributed by atoms with Crippen molar-refractivity contribution in [1.29, 1.82) is 0 Å². The Balaban J connectivity index is 2.47. The molecule has 0 saturated carbocycles. The van der Waals surface area contributed by atoms with E-state index in [1.54, 1.807) is 41.3 Å². The third kappa shape index (κ3) is 2.13. The number of fused-ring (bicyclic) bond motifs is 1. The van der Waals surface area contributed by atoms with Crippen molar-refractivity contribution in [3.05, 3.63) is 28.8 Å². The molecule has 0 aliphatic rings. The smallest absolute Gasteiger partial charge is 0.335 e. The zero-order valence-electron chi connectivity index (χ0n) is 8.06. The molecule has 1 heterocycles. The monoisotopic (exact) mass is 239 g/mol. The molecule has 0 spiro atoms. The quantitative estimate of drug-likeness (QED) is 0.894. The van der Waals surface area contributed by atoms with Gasteiger partial charge >= 0.3 is 5.97 Å². The maximum Gasteiger partial charge on any atom is 0.335 e. The highest BCUT2D eigenvalue weighted by atomic mass is 32.2. The Morgan fingerprint density at radius 3 is 3.07 bits per heavy atom. The van der Waals surface area contributed by atoms with Crippen LogP contribution in [-0.4, -0.2) is 22.3 Å². The molecule has 1 N–H and O–H groups in total. The van der Waals surface area contributed by atoms with E-state index in [1.807, 2.05) is 6.26 Å². The summed E-state index contributed by atoms with van der Waals surface area (Å²) in [7, 11) is 0. The van der Waals surface area contributed by atoms with Crippen LogP contribution in [0, 0.1) is 0 Å². The van der Waals surface area contributed by atoms with Gasteiger partial charge in [0.25, 0.3) is 0 Å². The average Bonchev–Trinajstić information content (AvgIpc) is 2.59. The number of aromatic nitrogens is 1. The van der Waals surface area contributed by atoms with Gasteiger partial charge in [0.05, 0.1) is 15.8 Å². The van der Waals surface area contributed by atoms with Crippen LogP contribution in [0.2, 0.25) is 0 Å². The number of aromatic carboxylic acids is 1. The Hall–Kier alpha value is -1.07. The lowest BCUT2D eigenvalue weighted by Gasteiger charge is -1.91. The van der Waals surface area contributed by atoms with Gasteiger partial charge in [-0.25, -0.2) is 9.78 Å². The zero-order valence-corrected chi connectivity index (χ0v) is 9.69. The van der Waals surface area contributed by atoms with Crippen molar-refractivity contribution in [1.82, 2.24) is 4.98 Å². The van der Waals surface area contributed by atoms with Gasteiger partial charge in [0, 0.05) is 5.75 Å². The van der Waals surface area contributed by atoms with Crippen LogP contribution in [0.5, 0.6) is 0 Å². The third-order valence-electron chi connectivity index (χ3n) is 1.95. The molecule has 2 rings (SSSR count). The molecular formula is C10H9NO2S2. The molecule has 1 aromatic carbocycles. The van der Waals surface area contributed by atoms with Crippen molar-refractivity contribution < 1.29 is 9.90 Å². The maximum atomic E-state index is 10.8. The lowest BCUT2D eigenvalue weighted by molar-refractivity contribution is 0.0697. The van der Waals surface area contributed by atoms with E-state index in [1.165, 1.54) is 0 Å². The highest BCUT2D eigenvalue weighted by Gasteiger charge is 2.07. The molecule has 1 aromatic heterocycles. The zero-order chi connectivity index (χ0) is 10.8. The number of thioether (sulfide) groups is 1. The lowest BCUT2D eigenvalue weighted by Crippen LogP contribution is -1.94. The van der Waals surface area contributed by atoms with Crippen molar-refractivity contribution in [2.75, 3.05) is 6.26 Å². The van der Waals surface area contributed by atoms with Gasteiger partial charge in [-0.3, -0.25) is 0 Å². The fourth-order valence-corrected chi connectivity index (χ4v) is 2.99. The van der Waals surface area contributed by atoms with Crippen LogP contribution in [0.4, 0.5) is 0 Å². The molecule has 0 atom stereocenters. The van der Waals surface area contributed by atoms with Crippen LogP contribution >= 0.6 is 23.1 Å². The Bertz CT molecular complexity index is 507. The number of carbonyl (C=O) groups is 1. The van der Waals surface area contributed by atoms with Crippen LogP contribution in [0.15, 0.2) is 18.2 Å². The first kappa shape index (κ1) is 10.4. The summed E-state index contributed by atoms with van der Waals surface area (Å²) in [5.41, 5.74) is 1.20. The Kier molecular flexibility index (Phi) is 2.93. The van der Waals surface area contributed by atoms with Gasteiger partial charge in [0.15, 0.2) is 0 Å². The summed E-state index contributed by atoms with van der Waals surface area (Å²) < 4.78 is 0.943. The van der Waals surface area contributed by atoms with E-state index in [-0.39, 0.29) is 0 Å². The number of rotatable bonds is 3. The molecule has 0 saturated heterocycles. The van der Waals surface area contributed by atoms with Crippen molar-refractivity contribution in [2.24, 2.45) is 0 Å². The summed E-state index contributed by atoms with van der Waals surface area (Å²) in [6, 6.07) is 5.03. The molecule has 78 valence electrons. The fourth-order valence-electron chi connectivity index (χ4n) is 1.29. The van der Waals surface area contributed by atoms with E-state index in [2.05, 4.69) is 4.98 Å². The highest BCUT2D eigenvalue weighted by molar-refractivity contribution is 7.97. The first-order valence-electron chi connectivity index (χ1n) is 4.32. The van der Waals surface area contributed by atoms with Crippen molar-refractivity contribution >= 4 is 39.3 Å². The largest absolute Gasteiger partial charge is 0.478 e. The second-order valence-electron chi connectivity index (χ2n) is 3.03. The number of nitrogens with zero attached hydrogens (tertiary/aromatic N) is 1. The molecule has 0 aliphatic heterocycles. The maximum absolute atomic E-state index is 10.8. The molecule has 5 heteroatoms. The van der Waals surface area contributed by atoms with Crippen LogP contribution in [-0.2, 0) is 5.75 Å². The second kappa shape index (κ2) is 4.20. The van der Waals surface area contributed by atoms with Gasteiger partial charge in [-0.05, 0) is 24.5 Å². The number of hydrogen-bond acceptors (Lipinski definition) is 4. The Morgan fingerprint density at radius 2 is 2.40 bits per heavy atom. The highest BCUT2D eigenvalue weighted by Crippen LogP contribution is 2.25. The third-order valence-corrected chi connectivity index (χ3v) is 3.71. The van der Waals surface area contributed by atoms with E-state index in [4.69, 9.17) is 5.11 Å². The molecule has 0 aliphatic carbocycles. The summed E-state index contributed by atoms with van der Waals surface area (Å²) in [5, 5.41) is 9.88. The van der Waals surface area contributed by atoms with Gasteiger partial charge in [0.1, 0.15) is 5.01 Å². The van der Waals surface area contributed by atoms with Gasteiger partial charge in [-0.1, -0.05) is 0 Å². The van der Waals surface area contributed by atoms with Gasteiger partial charge in [-0.2, -0.15) is 11.8 Å².